The van der Waals surface area contributed by atoms with Crippen LogP contribution < -0.4 is 5.32 Å². The molecule has 0 saturated heterocycles. The van der Waals surface area contributed by atoms with E-state index >= 15 is 0 Å². The molecule has 0 aliphatic heterocycles. The summed E-state index contributed by atoms with van der Waals surface area (Å²) in [4.78, 5) is 0. The number of benzene rings is 1. The normalized spacial score (nSPS) is 12.6. The van der Waals surface area contributed by atoms with Crippen LogP contribution in [0.2, 0.25) is 0 Å². The molecule has 102 valence electrons. The van der Waals surface area contributed by atoms with E-state index in [-0.39, 0.29) is 0 Å². The first kappa shape index (κ1) is 13.8. The third-order valence-corrected chi connectivity index (χ3v) is 3.29. The van der Waals surface area contributed by atoms with Crippen molar-refractivity contribution < 1.29 is 9.52 Å². The van der Waals surface area contributed by atoms with Gasteiger partial charge >= 0.3 is 0 Å². The lowest BCUT2D eigenvalue weighted by Gasteiger charge is -2.17. The van der Waals surface area contributed by atoms with E-state index in [0.29, 0.717) is 13.1 Å². The van der Waals surface area contributed by atoms with Gasteiger partial charge in [-0.3, -0.25) is 0 Å². The number of nitrogens with one attached hydrogen (secondary N) is 1. The second-order valence-corrected chi connectivity index (χ2v) is 5.04. The third-order valence-electron chi connectivity index (χ3n) is 3.29. The molecule has 1 atom stereocenters. The van der Waals surface area contributed by atoms with E-state index in [1.54, 1.807) is 6.26 Å². The second-order valence-electron chi connectivity index (χ2n) is 5.04. The van der Waals surface area contributed by atoms with Crippen molar-refractivity contribution >= 4 is 0 Å². The van der Waals surface area contributed by atoms with Crippen LogP contribution in [0.15, 0.2) is 34.9 Å². The molecule has 0 saturated carbocycles. The summed E-state index contributed by atoms with van der Waals surface area (Å²) in [6, 6.07) is 8.00. The first-order chi connectivity index (χ1) is 9.08. The van der Waals surface area contributed by atoms with Crippen molar-refractivity contribution in [2.45, 2.75) is 33.4 Å². The van der Waals surface area contributed by atoms with Gasteiger partial charge in [-0.1, -0.05) is 17.7 Å². The predicted molar refractivity (Wildman–Crippen MR) is 76.0 cm³/mol. The summed E-state index contributed by atoms with van der Waals surface area (Å²) < 4.78 is 5.24. The third kappa shape index (κ3) is 3.46. The summed E-state index contributed by atoms with van der Waals surface area (Å²) >= 11 is 0. The van der Waals surface area contributed by atoms with Crippen LogP contribution in [0.4, 0.5) is 0 Å². The Balaban J connectivity index is 1.98. The van der Waals surface area contributed by atoms with E-state index < -0.39 is 6.10 Å². The van der Waals surface area contributed by atoms with E-state index in [0.717, 1.165) is 22.5 Å². The van der Waals surface area contributed by atoms with Crippen LogP contribution in [0.25, 0.3) is 0 Å². The van der Waals surface area contributed by atoms with Gasteiger partial charge in [0, 0.05) is 6.54 Å². The summed E-state index contributed by atoms with van der Waals surface area (Å²) in [5, 5.41) is 13.5. The van der Waals surface area contributed by atoms with Gasteiger partial charge in [0.1, 0.15) is 5.76 Å². The maximum absolute atomic E-state index is 10.3. The van der Waals surface area contributed by atoms with Crippen molar-refractivity contribution in [3.05, 3.63) is 58.5 Å². The van der Waals surface area contributed by atoms with Gasteiger partial charge in [0.2, 0.25) is 0 Å². The minimum atomic E-state index is -0.490. The van der Waals surface area contributed by atoms with Crippen LogP contribution in [-0.4, -0.2) is 11.7 Å². The molecule has 0 amide bonds. The molecule has 1 aromatic carbocycles. The highest BCUT2D eigenvalue weighted by molar-refractivity contribution is 5.39. The average molecular weight is 259 g/mol. The Kier molecular flexibility index (Phi) is 4.40. The summed E-state index contributed by atoms with van der Waals surface area (Å²) in [7, 11) is 0. The fourth-order valence-electron chi connectivity index (χ4n) is 2.56. The minimum absolute atomic E-state index is 0.490. The minimum Gasteiger partial charge on any atom is -0.468 e. The Morgan fingerprint density at radius 2 is 1.89 bits per heavy atom. The van der Waals surface area contributed by atoms with Crippen molar-refractivity contribution in [1.29, 1.82) is 0 Å². The topological polar surface area (TPSA) is 45.4 Å². The van der Waals surface area contributed by atoms with E-state index in [9.17, 15) is 5.11 Å². The molecule has 2 aromatic rings. The van der Waals surface area contributed by atoms with Crippen molar-refractivity contribution in [2.24, 2.45) is 0 Å². The number of aliphatic hydroxyl groups is 1. The van der Waals surface area contributed by atoms with Gasteiger partial charge < -0.3 is 14.8 Å². The first-order valence-electron chi connectivity index (χ1n) is 6.57. The SMILES string of the molecule is Cc1cc(C)c(C(O)CNCc2ccco2)c(C)c1. The molecule has 2 N–H and O–H groups in total. The molecule has 0 aliphatic rings. The molecule has 0 aliphatic carbocycles. The highest BCUT2D eigenvalue weighted by atomic mass is 16.3. The van der Waals surface area contributed by atoms with E-state index in [4.69, 9.17) is 4.42 Å². The first-order valence-corrected chi connectivity index (χ1v) is 6.57. The van der Waals surface area contributed by atoms with E-state index in [1.165, 1.54) is 5.56 Å². The van der Waals surface area contributed by atoms with E-state index in [1.807, 2.05) is 26.0 Å². The maximum Gasteiger partial charge on any atom is 0.117 e. The summed E-state index contributed by atoms with van der Waals surface area (Å²) in [6.07, 6.45) is 1.16. The lowest BCUT2D eigenvalue weighted by atomic mass is 9.95. The highest BCUT2D eigenvalue weighted by Crippen LogP contribution is 2.23. The average Bonchev–Trinajstić information content (AvgIpc) is 2.80. The molecule has 1 unspecified atom stereocenters. The monoisotopic (exact) mass is 259 g/mol. The summed E-state index contributed by atoms with van der Waals surface area (Å²) in [5.41, 5.74) is 4.54. The second kappa shape index (κ2) is 6.04. The molecule has 19 heavy (non-hydrogen) atoms. The molecule has 1 aromatic heterocycles. The summed E-state index contributed by atoms with van der Waals surface area (Å²) in [5.74, 6) is 0.879. The molecular formula is C16H21NO2. The zero-order valence-electron chi connectivity index (χ0n) is 11.7. The largest absolute Gasteiger partial charge is 0.468 e. The standard InChI is InChI=1S/C16H21NO2/c1-11-7-12(2)16(13(3)8-11)15(18)10-17-9-14-5-4-6-19-14/h4-8,15,17-18H,9-10H2,1-3H3. The Hall–Kier alpha value is -1.58. The molecule has 0 radical (unpaired) electrons. The Bertz CT molecular complexity index is 509. The van der Waals surface area contributed by atoms with Crippen molar-refractivity contribution in [3.63, 3.8) is 0 Å². The van der Waals surface area contributed by atoms with Crippen molar-refractivity contribution in [3.8, 4) is 0 Å². The molecular weight excluding hydrogens is 238 g/mol. The number of aliphatic hydroxyl groups excluding tert-OH is 1. The zero-order valence-corrected chi connectivity index (χ0v) is 11.7. The lowest BCUT2D eigenvalue weighted by molar-refractivity contribution is 0.172. The van der Waals surface area contributed by atoms with Crippen LogP contribution in [-0.2, 0) is 6.54 Å². The highest BCUT2D eigenvalue weighted by Gasteiger charge is 2.13. The number of hydrogen-bond acceptors (Lipinski definition) is 3. The van der Waals surface area contributed by atoms with Crippen LogP contribution in [0.1, 0.15) is 34.1 Å². The number of aryl methyl sites for hydroxylation is 3. The summed E-state index contributed by atoms with van der Waals surface area (Å²) in [6.45, 7) is 7.32. The number of furan rings is 1. The van der Waals surface area contributed by atoms with Crippen molar-refractivity contribution in [2.75, 3.05) is 6.54 Å². The zero-order chi connectivity index (χ0) is 13.8. The predicted octanol–water partition coefficient (Wildman–Crippen LogP) is 3.03. The molecule has 2 rings (SSSR count). The smallest absolute Gasteiger partial charge is 0.117 e. The number of hydrogen-bond donors (Lipinski definition) is 2. The lowest BCUT2D eigenvalue weighted by Crippen LogP contribution is -2.22. The Morgan fingerprint density at radius 3 is 2.47 bits per heavy atom. The van der Waals surface area contributed by atoms with Gasteiger partial charge in [0.15, 0.2) is 0 Å². The van der Waals surface area contributed by atoms with Gasteiger partial charge in [-0.25, -0.2) is 0 Å². The Labute approximate surface area is 114 Å². The number of rotatable bonds is 5. The molecule has 3 nitrogen and oxygen atoms in total. The quantitative estimate of drug-likeness (QED) is 0.867. The van der Waals surface area contributed by atoms with Gasteiger partial charge in [-0.15, -0.1) is 0 Å². The van der Waals surface area contributed by atoms with Crippen LogP contribution in [0, 0.1) is 20.8 Å². The van der Waals surface area contributed by atoms with E-state index in [2.05, 4.69) is 24.4 Å². The van der Waals surface area contributed by atoms with Crippen LogP contribution >= 0.6 is 0 Å². The van der Waals surface area contributed by atoms with Crippen LogP contribution in [0.3, 0.4) is 0 Å². The maximum atomic E-state index is 10.3. The van der Waals surface area contributed by atoms with Crippen LogP contribution in [0.5, 0.6) is 0 Å². The fraction of sp³-hybridized carbons (Fsp3) is 0.375. The Morgan fingerprint density at radius 1 is 1.21 bits per heavy atom. The van der Waals surface area contributed by atoms with Gasteiger partial charge in [0.05, 0.1) is 18.9 Å². The molecule has 0 spiro atoms. The van der Waals surface area contributed by atoms with Gasteiger partial charge in [-0.2, -0.15) is 0 Å². The molecule has 1 heterocycles. The van der Waals surface area contributed by atoms with Gasteiger partial charge in [-0.05, 0) is 49.6 Å². The molecule has 3 heteroatoms. The molecule has 0 bridgehead atoms. The van der Waals surface area contributed by atoms with Gasteiger partial charge in [0.25, 0.3) is 0 Å². The fourth-order valence-corrected chi connectivity index (χ4v) is 2.56. The van der Waals surface area contributed by atoms with Crippen molar-refractivity contribution in [1.82, 2.24) is 5.32 Å². The molecule has 0 fully saturated rings.